The highest BCUT2D eigenvalue weighted by atomic mass is 28.4. The summed E-state index contributed by atoms with van der Waals surface area (Å²) in [4.78, 5) is 0. The third-order valence-corrected chi connectivity index (χ3v) is 9.34. The van der Waals surface area contributed by atoms with Gasteiger partial charge in [0.2, 0.25) is 0 Å². The van der Waals surface area contributed by atoms with E-state index in [-0.39, 0.29) is 17.2 Å². The lowest BCUT2D eigenvalue weighted by Gasteiger charge is -2.39. The molecule has 1 saturated heterocycles. The smallest absolute Gasteiger partial charge is 0.192 e. The van der Waals surface area contributed by atoms with Gasteiger partial charge in [-0.3, -0.25) is 0 Å². The van der Waals surface area contributed by atoms with Crippen molar-refractivity contribution >= 4 is 14.0 Å². The molecule has 0 aromatic heterocycles. The molecule has 1 heterocycles. The first kappa shape index (κ1) is 18.0. The van der Waals surface area contributed by atoms with Crippen LogP contribution >= 0.6 is 0 Å². The van der Waals surface area contributed by atoms with Crippen LogP contribution < -0.4 is 5.32 Å². The molecule has 0 saturated carbocycles. The summed E-state index contributed by atoms with van der Waals surface area (Å²) in [5, 5.41) is 12.8. The Bertz CT molecular complexity index is 602. The van der Waals surface area contributed by atoms with Gasteiger partial charge in [-0.25, -0.2) is 0 Å². The van der Waals surface area contributed by atoms with E-state index in [9.17, 15) is 0 Å². The Morgan fingerprint density at radius 3 is 2.57 bits per heavy atom. The number of ether oxygens (including phenoxy) is 1. The average molecular weight is 333 g/mol. The van der Waals surface area contributed by atoms with E-state index in [2.05, 4.69) is 51.3 Å². The largest absolute Gasteiger partial charge is 0.409 e. The van der Waals surface area contributed by atoms with Crippen molar-refractivity contribution in [2.24, 2.45) is 0 Å². The molecular formula is C18H28N2O2Si. The van der Waals surface area contributed by atoms with E-state index in [0.29, 0.717) is 18.8 Å². The molecule has 0 radical (unpaired) electrons. The van der Waals surface area contributed by atoms with Crippen LogP contribution in [0.25, 0.3) is 0 Å². The molecule has 5 heteroatoms. The quantitative estimate of drug-likeness (QED) is 0.845. The Labute approximate surface area is 140 Å². The minimum Gasteiger partial charge on any atom is -0.409 e. The van der Waals surface area contributed by atoms with Crippen LogP contribution in [-0.2, 0) is 9.16 Å². The SMILES string of the molecule is Cc1cc(C#N)cc(NC2COCC2O[Si](C)(C)C(C)(C)C)c1. The fourth-order valence-electron chi connectivity index (χ4n) is 2.49. The first-order chi connectivity index (χ1) is 10.6. The molecule has 2 atom stereocenters. The topological polar surface area (TPSA) is 54.3 Å². The van der Waals surface area contributed by atoms with Gasteiger partial charge in [0.15, 0.2) is 8.32 Å². The molecule has 126 valence electrons. The molecular weight excluding hydrogens is 304 g/mol. The van der Waals surface area contributed by atoms with Crippen LogP contribution in [0.3, 0.4) is 0 Å². The molecule has 1 N–H and O–H groups in total. The molecule has 4 nitrogen and oxygen atoms in total. The number of nitriles is 1. The van der Waals surface area contributed by atoms with E-state index < -0.39 is 8.32 Å². The highest BCUT2D eigenvalue weighted by Crippen LogP contribution is 2.38. The van der Waals surface area contributed by atoms with Crippen LogP contribution in [-0.4, -0.2) is 33.7 Å². The summed E-state index contributed by atoms with van der Waals surface area (Å²) in [5.41, 5.74) is 2.71. The fraction of sp³-hybridized carbons (Fsp3) is 0.611. The number of hydrogen-bond acceptors (Lipinski definition) is 4. The molecule has 2 unspecified atom stereocenters. The number of benzene rings is 1. The van der Waals surface area contributed by atoms with Gasteiger partial charge in [-0.15, -0.1) is 0 Å². The van der Waals surface area contributed by atoms with Crippen molar-refractivity contribution in [3.8, 4) is 6.07 Å². The van der Waals surface area contributed by atoms with E-state index in [1.807, 2.05) is 19.1 Å². The molecule has 1 aromatic rings. The number of hydrogen-bond donors (Lipinski definition) is 1. The van der Waals surface area contributed by atoms with E-state index in [4.69, 9.17) is 14.4 Å². The lowest BCUT2D eigenvalue weighted by Crippen LogP contribution is -2.48. The molecule has 23 heavy (non-hydrogen) atoms. The van der Waals surface area contributed by atoms with Gasteiger partial charge in [-0.05, 0) is 48.8 Å². The monoisotopic (exact) mass is 332 g/mol. The van der Waals surface area contributed by atoms with Crippen LogP contribution in [0.4, 0.5) is 5.69 Å². The number of rotatable bonds is 4. The molecule has 1 fully saturated rings. The zero-order valence-electron chi connectivity index (χ0n) is 15.1. The van der Waals surface area contributed by atoms with Crippen LogP contribution in [0.1, 0.15) is 31.9 Å². The highest BCUT2D eigenvalue weighted by molar-refractivity contribution is 6.74. The predicted octanol–water partition coefficient (Wildman–Crippen LogP) is 4.07. The third kappa shape index (κ3) is 4.35. The first-order valence-corrected chi connectivity index (χ1v) is 11.1. The van der Waals surface area contributed by atoms with Gasteiger partial charge in [-0.2, -0.15) is 5.26 Å². The lowest BCUT2D eigenvalue weighted by atomic mass is 10.1. The van der Waals surface area contributed by atoms with E-state index in [1.165, 1.54) is 0 Å². The Morgan fingerprint density at radius 2 is 1.96 bits per heavy atom. The summed E-state index contributed by atoms with van der Waals surface area (Å²) in [6, 6.07) is 8.16. The van der Waals surface area contributed by atoms with Crippen molar-refractivity contribution in [2.75, 3.05) is 18.5 Å². The maximum atomic E-state index is 9.12. The zero-order valence-corrected chi connectivity index (χ0v) is 16.1. The summed E-state index contributed by atoms with van der Waals surface area (Å²) in [6.45, 7) is 14.5. The van der Waals surface area contributed by atoms with Crippen LogP contribution in [0.15, 0.2) is 18.2 Å². The molecule has 0 bridgehead atoms. The molecule has 0 amide bonds. The minimum atomic E-state index is -1.83. The third-order valence-electron chi connectivity index (χ3n) is 4.84. The van der Waals surface area contributed by atoms with Crippen molar-refractivity contribution in [3.63, 3.8) is 0 Å². The Kier molecular flexibility index (Phi) is 5.19. The van der Waals surface area contributed by atoms with Crippen LogP contribution in [0, 0.1) is 18.3 Å². The standard InChI is InChI=1S/C18H28N2O2Si/c1-13-7-14(10-19)9-15(8-13)20-16-11-21-12-17(16)22-23(5,6)18(2,3)4/h7-9,16-17,20H,11-12H2,1-6H3. The van der Waals surface area contributed by atoms with Gasteiger partial charge in [0, 0.05) is 5.69 Å². The van der Waals surface area contributed by atoms with Gasteiger partial charge >= 0.3 is 0 Å². The van der Waals surface area contributed by atoms with Crippen molar-refractivity contribution in [3.05, 3.63) is 29.3 Å². The normalized spacial score (nSPS) is 22.0. The minimum absolute atomic E-state index is 0.0574. The van der Waals surface area contributed by atoms with E-state index in [1.54, 1.807) is 0 Å². The summed E-state index contributed by atoms with van der Waals surface area (Å²) in [5.74, 6) is 0. The van der Waals surface area contributed by atoms with Crippen molar-refractivity contribution in [2.45, 2.75) is 58.0 Å². The first-order valence-electron chi connectivity index (χ1n) is 8.16. The van der Waals surface area contributed by atoms with Gasteiger partial charge in [-0.1, -0.05) is 20.8 Å². The molecule has 1 aliphatic rings. The number of aryl methyl sites for hydroxylation is 1. The molecule has 0 aliphatic carbocycles. The van der Waals surface area contributed by atoms with Crippen molar-refractivity contribution < 1.29 is 9.16 Å². The predicted molar refractivity (Wildman–Crippen MR) is 96.2 cm³/mol. The van der Waals surface area contributed by atoms with Gasteiger partial charge in [0.1, 0.15) is 0 Å². The number of nitrogens with zero attached hydrogens (tertiary/aromatic N) is 1. The Balaban J connectivity index is 2.11. The van der Waals surface area contributed by atoms with Crippen molar-refractivity contribution in [1.29, 1.82) is 5.26 Å². The van der Waals surface area contributed by atoms with Gasteiger partial charge in [0.25, 0.3) is 0 Å². The second-order valence-electron chi connectivity index (χ2n) is 7.90. The van der Waals surface area contributed by atoms with Crippen LogP contribution in [0.5, 0.6) is 0 Å². The number of anilines is 1. The number of nitrogens with one attached hydrogen (secondary N) is 1. The molecule has 2 rings (SSSR count). The highest BCUT2D eigenvalue weighted by Gasteiger charge is 2.42. The molecule has 1 aliphatic heterocycles. The van der Waals surface area contributed by atoms with E-state index >= 15 is 0 Å². The zero-order chi connectivity index (χ0) is 17.3. The fourth-order valence-corrected chi connectivity index (χ4v) is 3.83. The van der Waals surface area contributed by atoms with Gasteiger partial charge < -0.3 is 14.5 Å². The molecule has 0 spiro atoms. The Morgan fingerprint density at radius 1 is 1.26 bits per heavy atom. The summed E-state index contributed by atoms with van der Waals surface area (Å²) < 4.78 is 12.2. The maximum Gasteiger partial charge on any atom is 0.192 e. The second kappa shape index (κ2) is 6.64. The summed E-state index contributed by atoms with van der Waals surface area (Å²) >= 11 is 0. The van der Waals surface area contributed by atoms with Crippen molar-refractivity contribution in [1.82, 2.24) is 0 Å². The second-order valence-corrected chi connectivity index (χ2v) is 12.7. The van der Waals surface area contributed by atoms with Crippen LogP contribution in [0.2, 0.25) is 18.1 Å². The summed E-state index contributed by atoms with van der Waals surface area (Å²) in [6.07, 6.45) is 0.0574. The average Bonchev–Trinajstić information content (AvgIpc) is 2.83. The lowest BCUT2D eigenvalue weighted by molar-refractivity contribution is 0.131. The molecule has 1 aromatic carbocycles. The van der Waals surface area contributed by atoms with Gasteiger partial charge in [0.05, 0.1) is 37.0 Å². The Hall–Kier alpha value is -1.35. The maximum absolute atomic E-state index is 9.12. The summed E-state index contributed by atoms with van der Waals surface area (Å²) in [7, 11) is -1.83. The van der Waals surface area contributed by atoms with E-state index in [0.717, 1.165) is 11.3 Å².